The van der Waals surface area contributed by atoms with Crippen molar-refractivity contribution in [3.63, 3.8) is 0 Å². The van der Waals surface area contributed by atoms with Gasteiger partial charge in [0.15, 0.2) is 0 Å². The second kappa shape index (κ2) is 4.95. The average Bonchev–Trinajstić information content (AvgIpc) is 2.31. The molecule has 0 radical (unpaired) electrons. The summed E-state index contributed by atoms with van der Waals surface area (Å²) >= 11 is 0. The first-order valence-corrected chi connectivity index (χ1v) is 5.74. The maximum atomic E-state index is 5.48. The van der Waals surface area contributed by atoms with Gasteiger partial charge in [-0.05, 0) is 50.1 Å². The van der Waals surface area contributed by atoms with Gasteiger partial charge in [0.05, 0.1) is 18.5 Å². The molecule has 0 saturated carbocycles. The molecule has 3 nitrogen and oxygen atoms in total. The third kappa shape index (κ3) is 2.44. The number of nitrogens with zero attached hydrogens (tertiary/aromatic N) is 2. The summed E-state index contributed by atoms with van der Waals surface area (Å²) in [6.45, 7) is 6.73. The number of rotatable bonds is 3. The van der Waals surface area contributed by atoms with E-state index in [4.69, 9.17) is 4.74 Å². The summed E-state index contributed by atoms with van der Waals surface area (Å²) in [6.07, 6.45) is 1.72. The average molecular weight is 228 g/mol. The number of aromatic nitrogens is 2. The van der Waals surface area contributed by atoms with Gasteiger partial charge in [0.1, 0.15) is 5.75 Å². The quantitative estimate of drug-likeness (QED) is 0.809. The van der Waals surface area contributed by atoms with Gasteiger partial charge in [-0.1, -0.05) is 6.07 Å². The van der Waals surface area contributed by atoms with E-state index in [2.05, 4.69) is 29.3 Å². The maximum Gasteiger partial charge on any atom is 0.119 e. The van der Waals surface area contributed by atoms with Crippen molar-refractivity contribution in [1.82, 2.24) is 10.2 Å². The minimum atomic E-state index is 0.689. The summed E-state index contributed by atoms with van der Waals surface area (Å²) in [5.41, 5.74) is 4.44. The van der Waals surface area contributed by atoms with Crippen molar-refractivity contribution in [2.45, 2.75) is 20.8 Å². The number of aryl methyl sites for hydroxylation is 2. The van der Waals surface area contributed by atoms with Gasteiger partial charge < -0.3 is 4.74 Å². The van der Waals surface area contributed by atoms with Crippen LogP contribution in [-0.4, -0.2) is 16.8 Å². The van der Waals surface area contributed by atoms with E-state index in [1.165, 1.54) is 11.1 Å². The molecule has 3 heteroatoms. The Kier molecular flexibility index (Phi) is 3.38. The molecule has 17 heavy (non-hydrogen) atoms. The van der Waals surface area contributed by atoms with Crippen LogP contribution in [0.25, 0.3) is 11.1 Å². The van der Waals surface area contributed by atoms with Gasteiger partial charge in [-0.3, -0.25) is 0 Å². The molecule has 0 bridgehead atoms. The molecule has 1 aromatic heterocycles. The normalized spacial score (nSPS) is 10.3. The molecule has 0 N–H and O–H groups in total. The standard InChI is InChI=1S/C14H16N2O/c1-4-17-12-5-6-13(10(2)9-12)14-7-8-15-16-11(14)3/h5-9H,4H2,1-3H3. The lowest BCUT2D eigenvalue weighted by molar-refractivity contribution is 0.340. The third-order valence-corrected chi connectivity index (χ3v) is 2.70. The lowest BCUT2D eigenvalue weighted by Crippen LogP contribution is -1.94. The van der Waals surface area contributed by atoms with Crippen LogP contribution in [0.15, 0.2) is 30.5 Å². The first-order valence-electron chi connectivity index (χ1n) is 5.74. The largest absolute Gasteiger partial charge is 0.494 e. The topological polar surface area (TPSA) is 35.0 Å². The molecule has 0 saturated heterocycles. The van der Waals surface area contributed by atoms with E-state index in [-0.39, 0.29) is 0 Å². The van der Waals surface area contributed by atoms with E-state index in [0.29, 0.717) is 6.61 Å². The van der Waals surface area contributed by atoms with Crippen LogP contribution < -0.4 is 4.74 Å². The van der Waals surface area contributed by atoms with Crippen molar-refractivity contribution in [3.8, 4) is 16.9 Å². The molecule has 2 rings (SSSR count). The van der Waals surface area contributed by atoms with Crippen molar-refractivity contribution in [3.05, 3.63) is 41.7 Å². The highest BCUT2D eigenvalue weighted by molar-refractivity contribution is 5.69. The van der Waals surface area contributed by atoms with E-state index in [0.717, 1.165) is 17.0 Å². The first kappa shape index (κ1) is 11.6. The Labute approximate surface area is 101 Å². The fourth-order valence-electron chi connectivity index (χ4n) is 1.88. The zero-order valence-corrected chi connectivity index (χ0v) is 10.4. The van der Waals surface area contributed by atoms with Crippen LogP contribution in [0, 0.1) is 13.8 Å². The van der Waals surface area contributed by atoms with Crippen LogP contribution in [0.2, 0.25) is 0 Å². The Hall–Kier alpha value is -1.90. The number of ether oxygens (including phenoxy) is 1. The van der Waals surface area contributed by atoms with Gasteiger partial charge >= 0.3 is 0 Å². The molecule has 0 spiro atoms. The highest BCUT2D eigenvalue weighted by Gasteiger charge is 2.06. The highest BCUT2D eigenvalue weighted by Crippen LogP contribution is 2.27. The molecule has 0 atom stereocenters. The molecule has 0 aliphatic rings. The summed E-state index contributed by atoms with van der Waals surface area (Å²) in [4.78, 5) is 0. The number of hydrogen-bond donors (Lipinski definition) is 0. The van der Waals surface area contributed by atoms with Crippen LogP contribution in [0.3, 0.4) is 0 Å². The van der Waals surface area contributed by atoms with Crippen LogP contribution in [0.1, 0.15) is 18.2 Å². The summed E-state index contributed by atoms with van der Waals surface area (Å²) < 4.78 is 5.48. The molecule has 1 aromatic carbocycles. The van der Waals surface area contributed by atoms with Gasteiger partial charge in [0, 0.05) is 5.56 Å². The molecular weight excluding hydrogens is 212 g/mol. The highest BCUT2D eigenvalue weighted by atomic mass is 16.5. The fraction of sp³-hybridized carbons (Fsp3) is 0.286. The SMILES string of the molecule is CCOc1ccc(-c2ccnnc2C)c(C)c1. The molecular formula is C14H16N2O. The van der Waals surface area contributed by atoms with E-state index in [1.54, 1.807) is 6.20 Å². The van der Waals surface area contributed by atoms with E-state index >= 15 is 0 Å². The zero-order chi connectivity index (χ0) is 12.3. The van der Waals surface area contributed by atoms with Crippen LogP contribution in [0.4, 0.5) is 0 Å². The smallest absolute Gasteiger partial charge is 0.119 e. The lowest BCUT2D eigenvalue weighted by atomic mass is 10.00. The predicted molar refractivity (Wildman–Crippen MR) is 68.1 cm³/mol. The molecule has 0 unspecified atom stereocenters. The van der Waals surface area contributed by atoms with Gasteiger partial charge in [0.2, 0.25) is 0 Å². The summed E-state index contributed by atoms with van der Waals surface area (Å²) in [7, 11) is 0. The van der Waals surface area contributed by atoms with Gasteiger partial charge in [-0.15, -0.1) is 0 Å². The predicted octanol–water partition coefficient (Wildman–Crippen LogP) is 3.16. The number of benzene rings is 1. The third-order valence-electron chi connectivity index (χ3n) is 2.70. The molecule has 0 fully saturated rings. The van der Waals surface area contributed by atoms with E-state index in [1.807, 2.05) is 26.0 Å². The Balaban J connectivity index is 2.44. The second-order valence-corrected chi connectivity index (χ2v) is 3.94. The van der Waals surface area contributed by atoms with Crippen molar-refractivity contribution < 1.29 is 4.74 Å². The monoisotopic (exact) mass is 228 g/mol. The molecule has 2 aromatic rings. The first-order chi connectivity index (χ1) is 8.22. The van der Waals surface area contributed by atoms with Gasteiger partial charge in [-0.2, -0.15) is 10.2 Å². The molecule has 0 amide bonds. The Morgan fingerprint density at radius 1 is 1.12 bits per heavy atom. The van der Waals surface area contributed by atoms with Crippen molar-refractivity contribution >= 4 is 0 Å². The second-order valence-electron chi connectivity index (χ2n) is 3.94. The molecule has 0 aliphatic heterocycles. The minimum Gasteiger partial charge on any atom is -0.494 e. The molecule has 88 valence electrons. The minimum absolute atomic E-state index is 0.689. The summed E-state index contributed by atoms with van der Waals surface area (Å²) in [5.74, 6) is 0.911. The van der Waals surface area contributed by atoms with E-state index in [9.17, 15) is 0 Å². The molecule has 0 aliphatic carbocycles. The summed E-state index contributed by atoms with van der Waals surface area (Å²) in [5, 5.41) is 7.95. The van der Waals surface area contributed by atoms with Gasteiger partial charge in [0.25, 0.3) is 0 Å². The lowest BCUT2D eigenvalue weighted by Gasteiger charge is -2.10. The fourth-order valence-corrected chi connectivity index (χ4v) is 1.88. The van der Waals surface area contributed by atoms with Crippen LogP contribution in [-0.2, 0) is 0 Å². The van der Waals surface area contributed by atoms with Gasteiger partial charge in [-0.25, -0.2) is 0 Å². The van der Waals surface area contributed by atoms with Crippen LogP contribution >= 0.6 is 0 Å². The summed E-state index contributed by atoms with van der Waals surface area (Å²) in [6, 6.07) is 8.11. The van der Waals surface area contributed by atoms with Crippen LogP contribution in [0.5, 0.6) is 5.75 Å². The Morgan fingerprint density at radius 3 is 2.59 bits per heavy atom. The maximum absolute atomic E-state index is 5.48. The van der Waals surface area contributed by atoms with E-state index < -0.39 is 0 Å². The number of hydrogen-bond acceptors (Lipinski definition) is 3. The van der Waals surface area contributed by atoms with Crippen molar-refractivity contribution in [2.24, 2.45) is 0 Å². The molecule has 1 heterocycles. The van der Waals surface area contributed by atoms with Crippen molar-refractivity contribution in [1.29, 1.82) is 0 Å². The zero-order valence-electron chi connectivity index (χ0n) is 10.4. The Morgan fingerprint density at radius 2 is 1.94 bits per heavy atom. The Bertz CT molecular complexity index is 523. The van der Waals surface area contributed by atoms with Crippen molar-refractivity contribution in [2.75, 3.05) is 6.61 Å².